The van der Waals surface area contributed by atoms with E-state index in [-0.39, 0.29) is 5.78 Å². The number of carbonyl (C=O) groups excluding carboxylic acids is 1. The quantitative estimate of drug-likeness (QED) is 0.857. The van der Waals surface area contributed by atoms with E-state index in [0.29, 0.717) is 5.56 Å². The largest absolute Gasteiger partial charge is 0.321 e. The molecule has 16 heavy (non-hydrogen) atoms. The van der Waals surface area contributed by atoms with Crippen molar-refractivity contribution in [3.63, 3.8) is 0 Å². The molecule has 0 saturated carbocycles. The molecule has 0 aliphatic heterocycles. The van der Waals surface area contributed by atoms with Crippen molar-refractivity contribution in [3.05, 3.63) is 46.4 Å². The molecule has 0 heterocycles. The number of Topliss-reactive ketones (excluding diaryl/α,β-unsaturated/α-hetero) is 1. The zero-order chi connectivity index (χ0) is 11.7. The van der Waals surface area contributed by atoms with Crippen molar-refractivity contribution in [1.82, 2.24) is 0 Å². The van der Waals surface area contributed by atoms with Crippen LogP contribution in [0.1, 0.15) is 17.3 Å². The van der Waals surface area contributed by atoms with E-state index in [2.05, 4.69) is 15.9 Å². The number of halogens is 1. The van der Waals surface area contributed by atoms with Crippen LogP contribution in [0.5, 0.6) is 0 Å². The van der Waals surface area contributed by atoms with E-state index in [4.69, 9.17) is 5.73 Å². The van der Waals surface area contributed by atoms with E-state index in [1.54, 1.807) is 6.92 Å². The number of nitrogens with two attached hydrogens (primary N) is 1. The Morgan fingerprint density at radius 3 is 2.75 bits per heavy atom. The molecule has 2 N–H and O–H groups in total. The Bertz CT molecular complexity index is 549. The average Bonchev–Trinajstić information content (AvgIpc) is 2.26. The third kappa shape index (κ3) is 2.01. The number of carbonyl (C=O) groups is 1. The molecule has 0 amide bonds. The van der Waals surface area contributed by atoms with Gasteiger partial charge in [-0.05, 0) is 29.8 Å². The van der Waals surface area contributed by atoms with Gasteiger partial charge in [0.05, 0.1) is 6.04 Å². The van der Waals surface area contributed by atoms with Gasteiger partial charge in [0.15, 0.2) is 5.78 Å². The summed E-state index contributed by atoms with van der Waals surface area (Å²) in [5, 5.41) is 1.99. The first kappa shape index (κ1) is 11.3. The Labute approximate surface area is 103 Å². The summed E-state index contributed by atoms with van der Waals surface area (Å²) in [6, 6.07) is 11.1. The van der Waals surface area contributed by atoms with E-state index in [1.165, 1.54) is 0 Å². The average molecular weight is 278 g/mol. The van der Waals surface area contributed by atoms with Gasteiger partial charge in [-0.2, -0.15) is 0 Å². The Morgan fingerprint density at radius 1 is 1.31 bits per heavy atom. The molecular formula is C13H12BrNO. The second-order valence-corrected chi connectivity index (χ2v) is 4.74. The molecule has 0 aliphatic carbocycles. The summed E-state index contributed by atoms with van der Waals surface area (Å²) >= 11 is 3.41. The number of benzene rings is 2. The predicted octanol–water partition coefficient (Wildman–Crippen LogP) is 3.13. The first-order valence-corrected chi connectivity index (χ1v) is 5.87. The normalized spacial score (nSPS) is 12.7. The summed E-state index contributed by atoms with van der Waals surface area (Å²) in [7, 11) is 0. The zero-order valence-electron chi connectivity index (χ0n) is 8.91. The van der Waals surface area contributed by atoms with Crippen LogP contribution < -0.4 is 5.73 Å². The summed E-state index contributed by atoms with van der Waals surface area (Å²) in [6.45, 7) is 1.71. The number of fused-ring (bicyclic) bond motifs is 1. The molecular weight excluding hydrogens is 266 g/mol. The minimum absolute atomic E-state index is 0.0204. The molecule has 0 saturated heterocycles. The van der Waals surface area contributed by atoms with Gasteiger partial charge in [-0.3, -0.25) is 4.79 Å². The molecule has 3 heteroatoms. The van der Waals surface area contributed by atoms with Crippen LogP contribution in [-0.2, 0) is 0 Å². The molecule has 2 aromatic rings. The van der Waals surface area contributed by atoms with Crippen molar-refractivity contribution in [2.75, 3.05) is 0 Å². The van der Waals surface area contributed by atoms with Gasteiger partial charge in [0.25, 0.3) is 0 Å². The maximum atomic E-state index is 11.9. The standard InChI is InChI=1S/C13H12BrNO/c1-8(15)13(16)12-4-2-3-9-7-10(14)5-6-11(9)12/h2-8H,15H2,1H3. The lowest BCUT2D eigenvalue weighted by molar-refractivity contribution is 0.0969. The Balaban J connectivity index is 2.67. The summed E-state index contributed by atoms with van der Waals surface area (Å²) in [5.41, 5.74) is 6.32. The topological polar surface area (TPSA) is 43.1 Å². The van der Waals surface area contributed by atoms with E-state index in [9.17, 15) is 4.79 Å². The van der Waals surface area contributed by atoms with E-state index in [0.717, 1.165) is 15.2 Å². The number of hydrogen-bond donors (Lipinski definition) is 1. The summed E-state index contributed by atoms with van der Waals surface area (Å²) in [4.78, 5) is 11.9. The summed E-state index contributed by atoms with van der Waals surface area (Å²) in [5.74, 6) is -0.0204. The van der Waals surface area contributed by atoms with Crippen molar-refractivity contribution in [3.8, 4) is 0 Å². The Kier molecular flexibility index (Phi) is 3.08. The van der Waals surface area contributed by atoms with Gasteiger partial charge in [-0.25, -0.2) is 0 Å². The van der Waals surface area contributed by atoms with Crippen LogP contribution in [0.2, 0.25) is 0 Å². The van der Waals surface area contributed by atoms with Gasteiger partial charge < -0.3 is 5.73 Å². The Morgan fingerprint density at radius 2 is 2.06 bits per heavy atom. The maximum absolute atomic E-state index is 11.9. The number of ketones is 1. The molecule has 82 valence electrons. The van der Waals surface area contributed by atoms with Gasteiger partial charge in [-0.1, -0.05) is 40.2 Å². The van der Waals surface area contributed by atoms with Crippen molar-refractivity contribution in [1.29, 1.82) is 0 Å². The van der Waals surface area contributed by atoms with Gasteiger partial charge in [-0.15, -0.1) is 0 Å². The molecule has 0 spiro atoms. The fourth-order valence-corrected chi connectivity index (χ4v) is 2.09. The molecule has 2 aromatic carbocycles. The first-order valence-electron chi connectivity index (χ1n) is 5.07. The van der Waals surface area contributed by atoms with Crippen molar-refractivity contribution in [2.24, 2.45) is 5.73 Å². The van der Waals surface area contributed by atoms with Gasteiger partial charge in [0.2, 0.25) is 0 Å². The lowest BCUT2D eigenvalue weighted by atomic mass is 9.99. The smallest absolute Gasteiger partial charge is 0.179 e. The third-order valence-corrected chi connectivity index (χ3v) is 3.01. The molecule has 1 atom stereocenters. The van der Waals surface area contributed by atoms with Crippen molar-refractivity contribution >= 4 is 32.5 Å². The van der Waals surface area contributed by atoms with Crippen LogP contribution in [0.25, 0.3) is 10.8 Å². The molecule has 0 aliphatic rings. The summed E-state index contributed by atoms with van der Waals surface area (Å²) in [6.07, 6.45) is 0. The highest BCUT2D eigenvalue weighted by Gasteiger charge is 2.13. The van der Waals surface area contributed by atoms with Crippen LogP contribution in [0, 0.1) is 0 Å². The third-order valence-electron chi connectivity index (χ3n) is 2.52. The molecule has 1 unspecified atom stereocenters. The number of rotatable bonds is 2. The van der Waals surface area contributed by atoms with E-state index >= 15 is 0 Å². The fraction of sp³-hybridized carbons (Fsp3) is 0.154. The maximum Gasteiger partial charge on any atom is 0.179 e. The fourth-order valence-electron chi connectivity index (χ4n) is 1.71. The van der Waals surface area contributed by atoms with Crippen molar-refractivity contribution < 1.29 is 4.79 Å². The minimum atomic E-state index is -0.464. The molecule has 0 radical (unpaired) electrons. The second-order valence-electron chi connectivity index (χ2n) is 3.82. The molecule has 0 fully saturated rings. The van der Waals surface area contributed by atoms with Crippen LogP contribution in [0.4, 0.5) is 0 Å². The van der Waals surface area contributed by atoms with Gasteiger partial charge >= 0.3 is 0 Å². The highest BCUT2D eigenvalue weighted by molar-refractivity contribution is 9.10. The van der Waals surface area contributed by atoms with Crippen LogP contribution in [-0.4, -0.2) is 11.8 Å². The number of hydrogen-bond acceptors (Lipinski definition) is 2. The second kappa shape index (κ2) is 4.36. The van der Waals surface area contributed by atoms with E-state index < -0.39 is 6.04 Å². The van der Waals surface area contributed by atoms with E-state index in [1.807, 2.05) is 36.4 Å². The highest BCUT2D eigenvalue weighted by Crippen LogP contribution is 2.23. The SMILES string of the molecule is CC(N)C(=O)c1cccc2cc(Br)ccc12. The van der Waals surface area contributed by atoms with Crippen molar-refractivity contribution in [2.45, 2.75) is 13.0 Å². The predicted molar refractivity (Wildman–Crippen MR) is 69.6 cm³/mol. The lowest BCUT2D eigenvalue weighted by Crippen LogP contribution is -2.26. The first-order chi connectivity index (χ1) is 7.59. The Hall–Kier alpha value is -1.19. The molecule has 2 nitrogen and oxygen atoms in total. The minimum Gasteiger partial charge on any atom is -0.321 e. The van der Waals surface area contributed by atoms with Gasteiger partial charge in [0, 0.05) is 10.0 Å². The molecule has 0 aromatic heterocycles. The molecule has 0 bridgehead atoms. The van der Waals surface area contributed by atoms with Crippen LogP contribution in [0.3, 0.4) is 0 Å². The van der Waals surface area contributed by atoms with Crippen LogP contribution >= 0.6 is 15.9 Å². The van der Waals surface area contributed by atoms with Gasteiger partial charge in [0.1, 0.15) is 0 Å². The molecule has 2 rings (SSSR count). The van der Waals surface area contributed by atoms with Crippen LogP contribution in [0.15, 0.2) is 40.9 Å². The zero-order valence-corrected chi connectivity index (χ0v) is 10.5. The monoisotopic (exact) mass is 277 g/mol. The lowest BCUT2D eigenvalue weighted by Gasteiger charge is -2.08. The summed E-state index contributed by atoms with van der Waals surface area (Å²) < 4.78 is 1.00. The highest BCUT2D eigenvalue weighted by atomic mass is 79.9.